The number of halogens is 1. The molecule has 0 aliphatic carbocycles. The number of aryl methyl sites for hydroxylation is 1. The summed E-state index contributed by atoms with van der Waals surface area (Å²) in [5.41, 5.74) is 1.74. The molecule has 0 aromatic heterocycles. The van der Waals surface area contributed by atoms with Crippen molar-refractivity contribution in [2.45, 2.75) is 18.7 Å². The standard InChI is InChI=1S/C18H23N3O3S.ClH/c1-13-9-10-15(20-18(22)14(2)12-19-3)11-17(13)21-25(23,24)16-7-5-4-6-8-16;/h4-11,14,19,21H,12H2,1-3H3,(H,20,22);1H. The first kappa shape index (κ1) is 22.0. The second-order valence-electron chi connectivity index (χ2n) is 5.90. The van der Waals surface area contributed by atoms with Crippen molar-refractivity contribution in [1.82, 2.24) is 5.32 Å². The van der Waals surface area contributed by atoms with Crippen LogP contribution in [-0.2, 0) is 14.8 Å². The quantitative estimate of drug-likeness (QED) is 0.670. The number of carbonyl (C=O) groups excluding carboxylic acids is 1. The number of hydrogen-bond acceptors (Lipinski definition) is 4. The third-order valence-electron chi connectivity index (χ3n) is 3.76. The van der Waals surface area contributed by atoms with E-state index in [2.05, 4.69) is 15.4 Å². The largest absolute Gasteiger partial charge is 0.326 e. The minimum atomic E-state index is -3.68. The molecule has 1 amide bonds. The minimum Gasteiger partial charge on any atom is -0.326 e. The first-order valence-electron chi connectivity index (χ1n) is 7.97. The zero-order chi connectivity index (χ0) is 18.4. The molecule has 0 saturated carbocycles. The van der Waals surface area contributed by atoms with E-state index in [-0.39, 0.29) is 29.1 Å². The van der Waals surface area contributed by atoms with Crippen molar-refractivity contribution in [3.05, 3.63) is 54.1 Å². The predicted molar refractivity (Wildman–Crippen MR) is 107 cm³/mol. The number of carbonyl (C=O) groups is 1. The third kappa shape index (κ3) is 5.72. The van der Waals surface area contributed by atoms with Gasteiger partial charge in [0.2, 0.25) is 5.91 Å². The van der Waals surface area contributed by atoms with E-state index >= 15 is 0 Å². The molecule has 2 aromatic rings. The number of sulfonamides is 1. The van der Waals surface area contributed by atoms with E-state index in [4.69, 9.17) is 0 Å². The number of hydrogen-bond donors (Lipinski definition) is 3. The molecule has 0 bridgehead atoms. The normalized spacial score (nSPS) is 12.0. The Morgan fingerprint density at radius 1 is 1.12 bits per heavy atom. The summed E-state index contributed by atoms with van der Waals surface area (Å²) in [7, 11) is -1.89. The lowest BCUT2D eigenvalue weighted by molar-refractivity contribution is -0.119. The molecule has 2 rings (SSSR count). The highest BCUT2D eigenvalue weighted by molar-refractivity contribution is 7.92. The van der Waals surface area contributed by atoms with E-state index in [1.807, 2.05) is 6.92 Å². The first-order valence-corrected chi connectivity index (χ1v) is 9.46. The van der Waals surface area contributed by atoms with Crippen LogP contribution < -0.4 is 15.4 Å². The Balaban J connectivity index is 0.00000338. The fraction of sp³-hybridized carbons (Fsp3) is 0.278. The number of amides is 1. The second kappa shape index (κ2) is 9.56. The van der Waals surface area contributed by atoms with Gasteiger partial charge in [0.1, 0.15) is 0 Å². The van der Waals surface area contributed by atoms with E-state index in [1.54, 1.807) is 50.4 Å². The molecular weight excluding hydrogens is 374 g/mol. The lowest BCUT2D eigenvalue weighted by Gasteiger charge is -2.15. The van der Waals surface area contributed by atoms with Crippen molar-refractivity contribution < 1.29 is 13.2 Å². The molecule has 142 valence electrons. The topological polar surface area (TPSA) is 87.3 Å². The molecule has 0 spiro atoms. The summed E-state index contributed by atoms with van der Waals surface area (Å²) in [6, 6.07) is 13.3. The van der Waals surface area contributed by atoms with Gasteiger partial charge in [0.15, 0.2) is 0 Å². The zero-order valence-electron chi connectivity index (χ0n) is 14.9. The van der Waals surface area contributed by atoms with Crippen LogP contribution in [0.5, 0.6) is 0 Å². The maximum Gasteiger partial charge on any atom is 0.261 e. The monoisotopic (exact) mass is 397 g/mol. The van der Waals surface area contributed by atoms with Crippen LogP contribution >= 0.6 is 12.4 Å². The Morgan fingerprint density at radius 2 is 1.77 bits per heavy atom. The fourth-order valence-electron chi connectivity index (χ4n) is 2.28. The highest BCUT2D eigenvalue weighted by atomic mass is 35.5. The van der Waals surface area contributed by atoms with Crippen LogP contribution in [0.1, 0.15) is 12.5 Å². The van der Waals surface area contributed by atoms with Crippen LogP contribution in [-0.4, -0.2) is 27.9 Å². The van der Waals surface area contributed by atoms with Gasteiger partial charge in [-0.25, -0.2) is 8.42 Å². The van der Waals surface area contributed by atoms with Gasteiger partial charge in [-0.15, -0.1) is 12.4 Å². The summed E-state index contributed by atoms with van der Waals surface area (Å²) in [6.07, 6.45) is 0. The maximum atomic E-state index is 12.5. The SMILES string of the molecule is CNCC(C)C(=O)Nc1ccc(C)c(NS(=O)(=O)c2ccccc2)c1.Cl. The predicted octanol–water partition coefficient (Wildman–Crippen LogP) is 3.01. The van der Waals surface area contributed by atoms with E-state index < -0.39 is 10.0 Å². The Bertz CT molecular complexity index is 842. The van der Waals surface area contributed by atoms with Gasteiger partial charge in [0.25, 0.3) is 10.0 Å². The number of anilines is 2. The highest BCUT2D eigenvalue weighted by Crippen LogP contribution is 2.24. The van der Waals surface area contributed by atoms with Crippen LogP contribution in [0.4, 0.5) is 11.4 Å². The molecule has 0 fully saturated rings. The smallest absolute Gasteiger partial charge is 0.261 e. The summed E-state index contributed by atoms with van der Waals surface area (Å²) >= 11 is 0. The van der Waals surface area contributed by atoms with Crippen molar-refractivity contribution in [3.63, 3.8) is 0 Å². The Labute approximate surface area is 160 Å². The fourth-order valence-corrected chi connectivity index (χ4v) is 3.42. The minimum absolute atomic E-state index is 0. The lowest BCUT2D eigenvalue weighted by atomic mass is 10.1. The summed E-state index contributed by atoms with van der Waals surface area (Å²) < 4.78 is 27.5. The summed E-state index contributed by atoms with van der Waals surface area (Å²) in [4.78, 5) is 12.3. The van der Waals surface area contributed by atoms with Crippen molar-refractivity contribution in [3.8, 4) is 0 Å². The van der Waals surface area contributed by atoms with E-state index in [0.717, 1.165) is 5.56 Å². The van der Waals surface area contributed by atoms with Crippen molar-refractivity contribution in [2.75, 3.05) is 23.6 Å². The molecule has 0 radical (unpaired) electrons. The van der Waals surface area contributed by atoms with Gasteiger partial charge in [-0.2, -0.15) is 0 Å². The molecule has 26 heavy (non-hydrogen) atoms. The molecule has 0 aliphatic rings. The lowest BCUT2D eigenvalue weighted by Crippen LogP contribution is -2.28. The number of rotatable bonds is 7. The average Bonchev–Trinajstić information content (AvgIpc) is 2.58. The van der Waals surface area contributed by atoms with Gasteiger partial charge in [0, 0.05) is 18.2 Å². The molecule has 0 saturated heterocycles. The van der Waals surface area contributed by atoms with Gasteiger partial charge in [-0.05, 0) is 43.8 Å². The van der Waals surface area contributed by atoms with Crippen LogP contribution in [0.3, 0.4) is 0 Å². The number of benzene rings is 2. The molecule has 3 N–H and O–H groups in total. The molecule has 2 aromatic carbocycles. The van der Waals surface area contributed by atoms with Crippen LogP contribution in [0.2, 0.25) is 0 Å². The van der Waals surface area contributed by atoms with Gasteiger partial charge in [0.05, 0.1) is 10.6 Å². The molecular formula is C18H24ClN3O3S. The maximum absolute atomic E-state index is 12.5. The molecule has 0 aliphatic heterocycles. The van der Waals surface area contributed by atoms with Crippen molar-refractivity contribution in [2.24, 2.45) is 5.92 Å². The van der Waals surface area contributed by atoms with Gasteiger partial charge in [-0.1, -0.05) is 31.2 Å². The van der Waals surface area contributed by atoms with Crippen LogP contribution in [0, 0.1) is 12.8 Å². The average molecular weight is 398 g/mol. The summed E-state index contributed by atoms with van der Waals surface area (Å²) in [6.45, 7) is 4.18. The molecule has 0 heterocycles. The zero-order valence-corrected chi connectivity index (χ0v) is 16.6. The molecule has 6 nitrogen and oxygen atoms in total. The molecule has 1 atom stereocenters. The van der Waals surface area contributed by atoms with Crippen LogP contribution in [0.25, 0.3) is 0 Å². The number of nitrogens with one attached hydrogen (secondary N) is 3. The second-order valence-corrected chi connectivity index (χ2v) is 7.58. The van der Waals surface area contributed by atoms with Crippen LogP contribution in [0.15, 0.2) is 53.4 Å². The summed E-state index contributed by atoms with van der Waals surface area (Å²) in [5.74, 6) is -0.328. The highest BCUT2D eigenvalue weighted by Gasteiger charge is 2.16. The van der Waals surface area contributed by atoms with Gasteiger partial charge in [-0.3, -0.25) is 9.52 Å². The van der Waals surface area contributed by atoms with Gasteiger partial charge >= 0.3 is 0 Å². The van der Waals surface area contributed by atoms with E-state index in [0.29, 0.717) is 17.9 Å². The van der Waals surface area contributed by atoms with E-state index in [9.17, 15) is 13.2 Å². The van der Waals surface area contributed by atoms with E-state index in [1.165, 1.54) is 12.1 Å². The summed E-state index contributed by atoms with van der Waals surface area (Å²) in [5, 5.41) is 5.76. The Hall–Kier alpha value is -2.09. The third-order valence-corrected chi connectivity index (χ3v) is 5.14. The van der Waals surface area contributed by atoms with Crippen molar-refractivity contribution in [1.29, 1.82) is 0 Å². The van der Waals surface area contributed by atoms with Gasteiger partial charge < -0.3 is 10.6 Å². The molecule has 1 unspecified atom stereocenters. The Kier molecular flexibility index (Phi) is 8.08. The first-order chi connectivity index (χ1) is 11.8. The Morgan fingerprint density at radius 3 is 2.38 bits per heavy atom. The molecule has 8 heteroatoms. The van der Waals surface area contributed by atoms with Crippen molar-refractivity contribution >= 4 is 39.7 Å².